The average Bonchev–Trinajstić information content (AvgIpc) is 2.95. The van der Waals surface area contributed by atoms with Gasteiger partial charge in [0.05, 0.1) is 23.7 Å². The first-order chi connectivity index (χ1) is 11.1. The fraction of sp³-hybridized carbons (Fsp3) is 0.125. The number of benzene rings is 1. The first-order valence-corrected chi connectivity index (χ1v) is 6.83. The Balaban J connectivity index is 2.00. The van der Waals surface area contributed by atoms with Gasteiger partial charge in [-0.15, -0.1) is 0 Å². The predicted octanol–water partition coefficient (Wildman–Crippen LogP) is 2.35. The van der Waals surface area contributed by atoms with Gasteiger partial charge in [0.2, 0.25) is 0 Å². The van der Waals surface area contributed by atoms with Crippen LogP contribution in [0.4, 0.5) is 4.39 Å². The highest BCUT2D eigenvalue weighted by Crippen LogP contribution is 2.20. The zero-order valence-electron chi connectivity index (χ0n) is 12.3. The van der Waals surface area contributed by atoms with Crippen LogP contribution >= 0.6 is 0 Å². The van der Waals surface area contributed by atoms with Crippen LogP contribution in [0.1, 0.15) is 15.9 Å². The monoisotopic (exact) mass is 315 g/mol. The number of pyridine rings is 1. The van der Waals surface area contributed by atoms with E-state index in [-0.39, 0.29) is 11.4 Å². The van der Waals surface area contributed by atoms with Crippen molar-refractivity contribution in [1.82, 2.24) is 15.0 Å². The number of hydrogen-bond acceptors (Lipinski definition) is 4. The molecule has 0 bridgehead atoms. The molecule has 0 unspecified atom stereocenters. The van der Waals surface area contributed by atoms with E-state index >= 15 is 0 Å². The van der Waals surface area contributed by atoms with Crippen LogP contribution in [0.15, 0.2) is 42.7 Å². The van der Waals surface area contributed by atoms with Gasteiger partial charge in [0, 0.05) is 25.0 Å². The number of amides is 1. The summed E-state index contributed by atoms with van der Waals surface area (Å²) < 4.78 is 20.5. The molecule has 0 aliphatic heterocycles. The van der Waals surface area contributed by atoms with Crippen molar-refractivity contribution in [1.29, 1.82) is 0 Å². The molecule has 0 fully saturated rings. The molecule has 2 heterocycles. The fourth-order valence-corrected chi connectivity index (χ4v) is 2.42. The first-order valence-electron chi connectivity index (χ1n) is 6.83. The molecule has 2 aromatic heterocycles. The summed E-state index contributed by atoms with van der Waals surface area (Å²) in [6.45, 7) is 0.392. The Morgan fingerprint density at radius 3 is 2.96 bits per heavy atom. The molecule has 3 rings (SSSR count). The number of rotatable bonds is 4. The van der Waals surface area contributed by atoms with Gasteiger partial charge in [-0.25, -0.2) is 9.87 Å². The largest absolute Gasteiger partial charge is 0.497 e. The Morgan fingerprint density at radius 1 is 1.39 bits per heavy atom. The van der Waals surface area contributed by atoms with Gasteiger partial charge in [-0.1, -0.05) is 0 Å². The van der Waals surface area contributed by atoms with Crippen LogP contribution in [0.25, 0.3) is 11.0 Å². The maximum absolute atomic E-state index is 13.6. The number of hydroxylamine groups is 1. The topological polar surface area (TPSA) is 76.4 Å². The second-order valence-electron chi connectivity index (χ2n) is 5.01. The molecular weight excluding hydrogens is 301 g/mol. The third-order valence-electron chi connectivity index (χ3n) is 3.50. The lowest BCUT2D eigenvalue weighted by atomic mass is 10.2. The molecule has 0 radical (unpaired) electrons. The van der Waals surface area contributed by atoms with Gasteiger partial charge >= 0.3 is 0 Å². The molecule has 3 aromatic rings. The molecule has 0 aliphatic rings. The van der Waals surface area contributed by atoms with Gasteiger partial charge in [0.25, 0.3) is 5.91 Å². The molecule has 7 heteroatoms. The summed E-state index contributed by atoms with van der Waals surface area (Å²) in [5.74, 6) is -0.580. The van der Waals surface area contributed by atoms with Crippen molar-refractivity contribution < 1.29 is 19.1 Å². The lowest BCUT2D eigenvalue weighted by Gasteiger charge is -2.08. The zero-order valence-corrected chi connectivity index (χ0v) is 12.3. The minimum atomic E-state index is -0.639. The van der Waals surface area contributed by atoms with Crippen molar-refractivity contribution in [2.24, 2.45) is 0 Å². The molecule has 1 amide bonds. The molecule has 2 N–H and O–H groups in total. The summed E-state index contributed by atoms with van der Waals surface area (Å²) >= 11 is 0. The fourth-order valence-electron chi connectivity index (χ4n) is 2.42. The van der Waals surface area contributed by atoms with Crippen LogP contribution < -0.4 is 10.2 Å². The number of carbonyl (C=O) groups is 1. The van der Waals surface area contributed by atoms with Crippen LogP contribution in [0.5, 0.6) is 5.75 Å². The van der Waals surface area contributed by atoms with Gasteiger partial charge in [-0.05, 0) is 29.8 Å². The Morgan fingerprint density at radius 2 is 2.22 bits per heavy atom. The number of aromatic nitrogens is 2. The van der Waals surface area contributed by atoms with Gasteiger partial charge in [0.1, 0.15) is 11.6 Å². The van der Waals surface area contributed by atoms with E-state index in [0.717, 1.165) is 5.56 Å². The van der Waals surface area contributed by atoms with Crippen LogP contribution in [-0.4, -0.2) is 27.8 Å². The van der Waals surface area contributed by atoms with E-state index in [9.17, 15) is 9.18 Å². The van der Waals surface area contributed by atoms with E-state index in [1.165, 1.54) is 25.4 Å². The van der Waals surface area contributed by atoms with E-state index in [1.54, 1.807) is 29.9 Å². The maximum atomic E-state index is 13.6. The van der Waals surface area contributed by atoms with Crippen molar-refractivity contribution in [3.05, 3.63) is 59.7 Å². The summed E-state index contributed by atoms with van der Waals surface area (Å²) in [6.07, 6.45) is 3.18. The molecule has 0 saturated carbocycles. The van der Waals surface area contributed by atoms with E-state index < -0.39 is 5.91 Å². The molecule has 0 atom stereocenters. The Kier molecular flexibility index (Phi) is 3.94. The van der Waals surface area contributed by atoms with Crippen LogP contribution in [0, 0.1) is 5.82 Å². The summed E-state index contributed by atoms with van der Waals surface area (Å²) in [6, 6.07) is 7.89. The number of carbonyl (C=O) groups excluding carboxylic acids is 1. The van der Waals surface area contributed by atoms with Crippen LogP contribution in [0.3, 0.4) is 0 Å². The average molecular weight is 315 g/mol. The molecule has 118 valence electrons. The van der Waals surface area contributed by atoms with Crippen LogP contribution in [-0.2, 0) is 6.54 Å². The SMILES string of the molecule is COc1cc(F)cc(Cn2ccc3ncc(C(=O)NO)cc32)c1. The van der Waals surface area contributed by atoms with E-state index in [4.69, 9.17) is 9.94 Å². The zero-order chi connectivity index (χ0) is 16.4. The number of halogens is 1. The lowest BCUT2D eigenvalue weighted by Crippen LogP contribution is -2.18. The highest BCUT2D eigenvalue weighted by molar-refractivity contribution is 5.96. The molecule has 0 saturated heterocycles. The quantitative estimate of drug-likeness (QED) is 0.572. The predicted molar refractivity (Wildman–Crippen MR) is 81.0 cm³/mol. The lowest BCUT2D eigenvalue weighted by molar-refractivity contribution is 0.0706. The number of nitrogens with zero attached hydrogens (tertiary/aromatic N) is 2. The number of hydrogen-bond donors (Lipinski definition) is 2. The molecule has 0 aliphatic carbocycles. The highest BCUT2D eigenvalue weighted by atomic mass is 19.1. The number of ether oxygens (including phenoxy) is 1. The molecule has 6 nitrogen and oxygen atoms in total. The maximum Gasteiger partial charge on any atom is 0.276 e. The molecular formula is C16H14FN3O3. The van der Waals surface area contributed by atoms with Gasteiger partial charge in [-0.3, -0.25) is 15.0 Å². The standard InChI is InChI=1S/C16H14FN3O3/c1-23-13-5-10(4-12(17)7-13)9-20-3-2-14-15(20)6-11(8-18-14)16(21)19-22/h2-8,22H,9H2,1H3,(H,19,21). The van der Waals surface area contributed by atoms with E-state index in [0.29, 0.717) is 23.3 Å². The van der Waals surface area contributed by atoms with E-state index in [2.05, 4.69) is 4.98 Å². The van der Waals surface area contributed by atoms with Crippen molar-refractivity contribution in [3.63, 3.8) is 0 Å². The second kappa shape index (κ2) is 6.05. The summed E-state index contributed by atoms with van der Waals surface area (Å²) in [4.78, 5) is 15.7. The van der Waals surface area contributed by atoms with E-state index in [1.807, 2.05) is 4.57 Å². The minimum Gasteiger partial charge on any atom is -0.497 e. The minimum absolute atomic E-state index is 0.233. The second-order valence-corrected chi connectivity index (χ2v) is 5.01. The van der Waals surface area contributed by atoms with Crippen molar-refractivity contribution in [2.75, 3.05) is 7.11 Å². The highest BCUT2D eigenvalue weighted by Gasteiger charge is 2.10. The summed E-state index contributed by atoms with van der Waals surface area (Å²) in [5, 5.41) is 8.71. The van der Waals surface area contributed by atoms with Crippen molar-refractivity contribution >= 4 is 16.9 Å². The summed E-state index contributed by atoms with van der Waals surface area (Å²) in [7, 11) is 1.48. The number of nitrogens with one attached hydrogen (secondary N) is 1. The van der Waals surface area contributed by atoms with Gasteiger partial charge < -0.3 is 9.30 Å². The van der Waals surface area contributed by atoms with Gasteiger partial charge in [-0.2, -0.15) is 0 Å². The normalized spacial score (nSPS) is 10.7. The van der Waals surface area contributed by atoms with Crippen molar-refractivity contribution in [2.45, 2.75) is 6.54 Å². The van der Waals surface area contributed by atoms with Crippen LogP contribution in [0.2, 0.25) is 0 Å². The first kappa shape index (κ1) is 15.0. The van der Waals surface area contributed by atoms with Gasteiger partial charge in [0.15, 0.2) is 0 Å². The van der Waals surface area contributed by atoms with Crippen molar-refractivity contribution in [3.8, 4) is 5.75 Å². The third-order valence-corrected chi connectivity index (χ3v) is 3.50. The molecule has 23 heavy (non-hydrogen) atoms. The number of fused-ring (bicyclic) bond motifs is 1. The Hall–Kier alpha value is -2.93. The Labute approximate surface area is 131 Å². The summed E-state index contributed by atoms with van der Waals surface area (Å²) in [5.41, 5.74) is 3.93. The molecule has 0 spiro atoms. The third kappa shape index (κ3) is 3.00. The Bertz CT molecular complexity index is 876. The number of methoxy groups -OCH3 is 1. The smallest absolute Gasteiger partial charge is 0.276 e. The molecule has 1 aromatic carbocycles.